The van der Waals surface area contributed by atoms with E-state index in [9.17, 15) is 9.18 Å². The van der Waals surface area contributed by atoms with Crippen LogP contribution in [0.25, 0.3) is 0 Å². The van der Waals surface area contributed by atoms with Crippen LogP contribution in [-0.2, 0) is 6.54 Å². The van der Waals surface area contributed by atoms with Crippen LogP contribution in [0.2, 0.25) is 0 Å². The number of amides is 1. The second-order valence-corrected chi connectivity index (χ2v) is 5.54. The standard InChI is InChI=1S/C18H19FN2O2/c1-20(10-9-19)14-3-5-15(6-4-14)21-12-13-11-16(23-2)7-8-17(13)18(21)22/h3-8,11H,9-10,12H2,1-2H3. The summed E-state index contributed by atoms with van der Waals surface area (Å²) < 4.78 is 17.6. The van der Waals surface area contributed by atoms with Gasteiger partial charge >= 0.3 is 0 Å². The van der Waals surface area contributed by atoms with Gasteiger partial charge in [0.1, 0.15) is 12.4 Å². The molecule has 4 nitrogen and oxygen atoms in total. The molecule has 0 bridgehead atoms. The largest absolute Gasteiger partial charge is 0.497 e. The second kappa shape index (κ2) is 6.28. The Morgan fingerprint density at radius 1 is 1.22 bits per heavy atom. The van der Waals surface area contributed by atoms with Gasteiger partial charge in [-0.05, 0) is 48.0 Å². The lowest BCUT2D eigenvalue weighted by atomic mass is 10.1. The van der Waals surface area contributed by atoms with E-state index in [1.54, 1.807) is 24.1 Å². The zero-order valence-corrected chi connectivity index (χ0v) is 13.3. The molecule has 0 spiro atoms. The van der Waals surface area contributed by atoms with E-state index in [-0.39, 0.29) is 12.6 Å². The fourth-order valence-electron chi connectivity index (χ4n) is 2.78. The lowest BCUT2D eigenvalue weighted by Crippen LogP contribution is -2.23. The summed E-state index contributed by atoms with van der Waals surface area (Å²) in [5, 5.41) is 0. The van der Waals surface area contributed by atoms with Gasteiger partial charge in [0, 0.05) is 30.5 Å². The normalized spacial score (nSPS) is 13.2. The minimum absolute atomic E-state index is 0.00693. The third-order valence-corrected chi connectivity index (χ3v) is 4.14. The zero-order valence-electron chi connectivity index (χ0n) is 13.3. The van der Waals surface area contributed by atoms with Crippen molar-refractivity contribution in [1.29, 1.82) is 0 Å². The Labute approximate surface area is 135 Å². The molecule has 0 aliphatic carbocycles. The first-order valence-electron chi connectivity index (χ1n) is 7.50. The molecule has 0 saturated carbocycles. The van der Waals surface area contributed by atoms with Crippen molar-refractivity contribution < 1.29 is 13.9 Å². The number of fused-ring (bicyclic) bond motifs is 1. The smallest absolute Gasteiger partial charge is 0.258 e. The van der Waals surface area contributed by atoms with E-state index in [4.69, 9.17) is 4.74 Å². The number of alkyl halides is 1. The van der Waals surface area contributed by atoms with Crippen molar-refractivity contribution >= 4 is 17.3 Å². The number of carbonyl (C=O) groups is 1. The van der Waals surface area contributed by atoms with E-state index in [0.29, 0.717) is 18.7 Å². The molecule has 5 heteroatoms. The van der Waals surface area contributed by atoms with E-state index in [2.05, 4.69) is 0 Å². The summed E-state index contributed by atoms with van der Waals surface area (Å²) in [6.45, 7) is 0.498. The third-order valence-electron chi connectivity index (χ3n) is 4.14. The van der Waals surface area contributed by atoms with Crippen molar-refractivity contribution in [2.75, 3.05) is 37.2 Å². The molecule has 0 aromatic heterocycles. The Bertz CT molecular complexity index is 715. The molecule has 3 rings (SSSR count). The maximum atomic E-state index is 12.5. The summed E-state index contributed by atoms with van der Waals surface area (Å²) in [5.41, 5.74) is 3.44. The van der Waals surface area contributed by atoms with Gasteiger partial charge in [0.15, 0.2) is 0 Å². The predicted molar refractivity (Wildman–Crippen MR) is 89.2 cm³/mol. The number of hydrogen-bond donors (Lipinski definition) is 0. The number of methoxy groups -OCH3 is 1. The number of hydrogen-bond acceptors (Lipinski definition) is 3. The predicted octanol–water partition coefficient (Wildman–Crippen LogP) is 3.26. The molecule has 0 fully saturated rings. The molecule has 0 saturated heterocycles. The average Bonchev–Trinajstić information content (AvgIpc) is 2.91. The van der Waals surface area contributed by atoms with Crippen LogP contribution in [0.15, 0.2) is 42.5 Å². The van der Waals surface area contributed by atoms with E-state index >= 15 is 0 Å². The number of carbonyl (C=O) groups excluding carboxylic acids is 1. The first-order chi connectivity index (χ1) is 11.1. The summed E-state index contributed by atoms with van der Waals surface area (Å²) in [6, 6.07) is 13.1. The molecule has 2 aromatic carbocycles. The topological polar surface area (TPSA) is 32.8 Å². The summed E-state index contributed by atoms with van der Waals surface area (Å²) in [7, 11) is 3.46. The van der Waals surface area contributed by atoms with E-state index in [1.165, 1.54) is 0 Å². The zero-order chi connectivity index (χ0) is 16.4. The molecule has 0 atom stereocenters. The highest BCUT2D eigenvalue weighted by molar-refractivity contribution is 6.10. The quantitative estimate of drug-likeness (QED) is 0.849. The minimum atomic E-state index is -0.389. The number of benzene rings is 2. The van der Waals surface area contributed by atoms with Gasteiger partial charge in [0.05, 0.1) is 13.7 Å². The van der Waals surface area contributed by atoms with Gasteiger partial charge in [-0.25, -0.2) is 4.39 Å². The average molecular weight is 314 g/mol. The number of rotatable bonds is 5. The van der Waals surface area contributed by atoms with E-state index < -0.39 is 0 Å². The molecular weight excluding hydrogens is 295 g/mol. The minimum Gasteiger partial charge on any atom is -0.497 e. The Hall–Kier alpha value is -2.56. The van der Waals surface area contributed by atoms with Crippen molar-refractivity contribution in [3.05, 3.63) is 53.6 Å². The van der Waals surface area contributed by atoms with Gasteiger partial charge in [-0.3, -0.25) is 4.79 Å². The van der Waals surface area contributed by atoms with Crippen LogP contribution in [0.3, 0.4) is 0 Å². The van der Waals surface area contributed by atoms with Gasteiger partial charge in [-0.15, -0.1) is 0 Å². The van der Waals surface area contributed by atoms with Crippen LogP contribution in [-0.4, -0.2) is 33.3 Å². The van der Waals surface area contributed by atoms with Crippen LogP contribution in [0, 0.1) is 0 Å². The Morgan fingerprint density at radius 3 is 2.61 bits per heavy atom. The maximum Gasteiger partial charge on any atom is 0.258 e. The highest BCUT2D eigenvalue weighted by atomic mass is 19.1. The van der Waals surface area contributed by atoms with Crippen LogP contribution >= 0.6 is 0 Å². The summed E-state index contributed by atoms with van der Waals surface area (Å²) in [4.78, 5) is 16.1. The molecule has 1 heterocycles. The fraction of sp³-hybridized carbons (Fsp3) is 0.278. The van der Waals surface area contributed by atoms with Crippen molar-refractivity contribution in [2.45, 2.75) is 6.54 Å². The molecule has 1 aliphatic rings. The lowest BCUT2D eigenvalue weighted by molar-refractivity contribution is 0.0996. The first-order valence-corrected chi connectivity index (χ1v) is 7.50. The van der Waals surface area contributed by atoms with Crippen LogP contribution in [0.1, 0.15) is 15.9 Å². The van der Waals surface area contributed by atoms with Crippen molar-refractivity contribution in [3.63, 3.8) is 0 Å². The Balaban J connectivity index is 1.82. The molecule has 0 radical (unpaired) electrons. The lowest BCUT2D eigenvalue weighted by Gasteiger charge is -2.20. The Kier molecular flexibility index (Phi) is 4.19. The number of ether oxygens (including phenoxy) is 1. The fourth-order valence-corrected chi connectivity index (χ4v) is 2.78. The Morgan fingerprint density at radius 2 is 1.96 bits per heavy atom. The van der Waals surface area contributed by atoms with Crippen LogP contribution in [0.5, 0.6) is 5.75 Å². The van der Waals surface area contributed by atoms with Crippen LogP contribution < -0.4 is 14.5 Å². The van der Waals surface area contributed by atoms with E-state index in [0.717, 1.165) is 22.7 Å². The maximum absolute atomic E-state index is 12.5. The highest BCUT2D eigenvalue weighted by Gasteiger charge is 2.28. The van der Waals surface area contributed by atoms with Crippen molar-refractivity contribution in [2.24, 2.45) is 0 Å². The molecule has 23 heavy (non-hydrogen) atoms. The molecule has 120 valence electrons. The monoisotopic (exact) mass is 314 g/mol. The molecule has 2 aromatic rings. The van der Waals surface area contributed by atoms with Gasteiger partial charge in [-0.1, -0.05) is 0 Å². The summed E-state index contributed by atoms with van der Waals surface area (Å²) in [6.07, 6.45) is 0. The number of anilines is 2. The highest BCUT2D eigenvalue weighted by Crippen LogP contribution is 2.31. The van der Waals surface area contributed by atoms with Gasteiger partial charge < -0.3 is 14.5 Å². The summed E-state index contributed by atoms with van der Waals surface area (Å²) >= 11 is 0. The summed E-state index contributed by atoms with van der Waals surface area (Å²) in [5.74, 6) is 0.745. The number of halogens is 1. The molecule has 1 aliphatic heterocycles. The molecule has 0 N–H and O–H groups in total. The van der Waals surface area contributed by atoms with E-state index in [1.807, 2.05) is 42.3 Å². The van der Waals surface area contributed by atoms with Crippen molar-refractivity contribution in [3.8, 4) is 5.75 Å². The van der Waals surface area contributed by atoms with Gasteiger partial charge in [0.2, 0.25) is 0 Å². The van der Waals surface area contributed by atoms with Crippen molar-refractivity contribution in [1.82, 2.24) is 0 Å². The number of nitrogens with zero attached hydrogens (tertiary/aromatic N) is 2. The molecule has 1 amide bonds. The molecular formula is C18H19FN2O2. The second-order valence-electron chi connectivity index (χ2n) is 5.54. The molecule has 0 unspecified atom stereocenters. The van der Waals surface area contributed by atoms with Crippen LogP contribution in [0.4, 0.5) is 15.8 Å². The first kappa shape index (κ1) is 15.3. The van der Waals surface area contributed by atoms with Gasteiger partial charge in [-0.2, -0.15) is 0 Å². The van der Waals surface area contributed by atoms with Gasteiger partial charge in [0.25, 0.3) is 5.91 Å². The SMILES string of the molecule is COc1ccc2c(c1)CN(c1ccc(N(C)CCF)cc1)C2=O. The third kappa shape index (κ3) is 2.86.